The molecule has 0 aliphatic carbocycles. The fourth-order valence-corrected chi connectivity index (χ4v) is 2.40. The molecule has 0 amide bonds. The first-order chi connectivity index (χ1) is 10.7. The molecule has 1 heterocycles. The summed E-state index contributed by atoms with van der Waals surface area (Å²) in [6.07, 6.45) is 0. The molecule has 2 aromatic carbocycles. The van der Waals surface area contributed by atoms with Gasteiger partial charge in [0.2, 0.25) is 0 Å². The highest BCUT2D eigenvalue weighted by Crippen LogP contribution is 2.30. The molecule has 0 aliphatic rings. The summed E-state index contributed by atoms with van der Waals surface area (Å²) in [7, 11) is 1.60. The molecule has 0 radical (unpaired) electrons. The molecule has 0 saturated heterocycles. The molecular weight excluding hydrogens is 300 g/mol. The van der Waals surface area contributed by atoms with E-state index in [0.29, 0.717) is 22.1 Å². The summed E-state index contributed by atoms with van der Waals surface area (Å²) in [5.41, 5.74) is 1.36. The average molecular weight is 313 g/mol. The van der Waals surface area contributed by atoms with E-state index in [1.807, 2.05) is 42.5 Å². The monoisotopic (exact) mass is 312 g/mol. The van der Waals surface area contributed by atoms with Gasteiger partial charge in [0.15, 0.2) is 5.43 Å². The van der Waals surface area contributed by atoms with Gasteiger partial charge in [-0.05, 0) is 36.4 Å². The SMILES string of the molecule is COc1ccc(-c2cc(=O)cc(-c3ccccc3Cl)o2)cc1. The first kappa shape index (κ1) is 14.4. The minimum Gasteiger partial charge on any atom is -0.497 e. The lowest BCUT2D eigenvalue weighted by Crippen LogP contribution is -1.98. The fraction of sp³-hybridized carbons (Fsp3) is 0.0556. The predicted octanol–water partition coefficient (Wildman–Crippen LogP) is 4.64. The summed E-state index contributed by atoms with van der Waals surface area (Å²) in [5, 5.41) is 0.539. The third-order valence-electron chi connectivity index (χ3n) is 3.28. The number of rotatable bonds is 3. The Balaban J connectivity index is 2.10. The van der Waals surface area contributed by atoms with Crippen molar-refractivity contribution in [2.24, 2.45) is 0 Å². The van der Waals surface area contributed by atoms with Crippen molar-refractivity contribution < 1.29 is 9.15 Å². The molecule has 3 rings (SSSR count). The van der Waals surface area contributed by atoms with E-state index in [9.17, 15) is 4.79 Å². The molecule has 0 unspecified atom stereocenters. The zero-order valence-electron chi connectivity index (χ0n) is 11.9. The van der Waals surface area contributed by atoms with Gasteiger partial charge in [0.05, 0.1) is 12.1 Å². The maximum atomic E-state index is 12.0. The Hall–Kier alpha value is -2.52. The third kappa shape index (κ3) is 2.90. The van der Waals surface area contributed by atoms with E-state index in [-0.39, 0.29) is 5.43 Å². The molecular formula is C18H13ClO3. The van der Waals surface area contributed by atoms with Crippen molar-refractivity contribution in [3.05, 3.63) is 75.9 Å². The highest BCUT2D eigenvalue weighted by molar-refractivity contribution is 6.33. The van der Waals surface area contributed by atoms with Gasteiger partial charge in [0.1, 0.15) is 17.3 Å². The first-order valence-electron chi connectivity index (χ1n) is 6.72. The number of halogens is 1. The summed E-state index contributed by atoms with van der Waals surface area (Å²) in [5.74, 6) is 1.68. The Labute approximate surface area is 132 Å². The van der Waals surface area contributed by atoms with Crippen LogP contribution in [-0.4, -0.2) is 7.11 Å². The zero-order valence-corrected chi connectivity index (χ0v) is 12.6. The molecule has 0 spiro atoms. The molecule has 4 heteroatoms. The van der Waals surface area contributed by atoms with E-state index < -0.39 is 0 Å². The summed E-state index contributed by atoms with van der Waals surface area (Å²) in [6, 6.07) is 17.5. The number of ether oxygens (including phenoxy) is 1. The second kappa shape index (κ2) is 6.08. The van der Waals surface area contributed by atoms with E-state index in [1.54, 1.807) is 13.2 Å². The number of hydrogen-bond acceptors (Lipinski definition) is 3. The first-order valence-corrected chi connectivity index (χ1v) is 7.10. The minimum atomic E-state index is -0.132. The average Bonchev–Trinajstić information content (AvgIpc) is 2.55. The molecule has 0 atom stereocenters. The second-order valence-electron chi connectivity index (χ2n) is 4.73. The van der Waals surface area contributed by atoms with Crippen LogP contribution in [0.4, 0.5) is 0 Å². The van der Waals surface area contributed by atoms with Crippen LogP contribution in [0.3, 0.4) is 0 Å². The van der Waals surface area contributed by atoms with Gasteiger partial charge in [-0.1, -0.05) is 23.7 Å². The van der Waals surface area contributed by atoms with Gasteiger partial charge in [-0.3, -0.25) is 4.79 Å². The van der Waals surface area contributed by atoms with Gasteiger partial charge < -0.3 is 9.15 Å². The normalized spacial score (nSPS) is 10.5. The van der Waals surface area contributed by atoms with Crippen LogP contribution in [0.25, 0.3) is 22.6 Å². The van der Waals surface area contributed by atoms with Gasteiger partial charge in [-0.15, -0.1) is 0 Å². The Morgan fingerprint density at radius 3 is 2.32 bits per heavy atom. The van der Waals surface area contributed by atoms with Crippen molar-refractivity contribution in [3.63, 3.8) is 0 Å². The smallest absolute Gasteiger partial charge is 0.186 e. The van der Waals surface area contributed by atoms with Crippen LogP contribution in [0, 0.1) is 0 Å². The maximum Gasteiger partial charge on any atom is 0.186 e. The van der Waals surface area contributed by atoms with Gasteiger partial charge >= 0.3 is 0 Å². The van der Waals surface area contributed by atoms with Crippen molar-refractivity contribution in [3.8, 4) is 28.4 Å². The highest BCUT2D eigenvalue weighted by atomic mass is 35.5. The molecule has 0 saturated carbocycles. The maximum absolute atomic E-state index is 12.0. The van der Waals surface area contributed by atoms with Crippen molar-refractivity contribution in [1.29, 1.82) is 0 Å². The van der Waals surface area contributed by atoms with Crippen LogP contribution in [0.2, 0.25) is 5.02 Å². The van der Waals surface area contributed by atoms with E-state index in [0.717, 1.165) is 11.3 Å². The Morgan fingerprint density at radius 2 is 1.64 bits per heavy atom. The van der Waals surface area contributed by atoms with Gasteiger partial charge in [-0.25, -0.2) is 0 Å². The van der Waals surface area contributed by atoms with Crippen LogP contribution < -0.4 is 10.2 Å². The molecule has 3 nitrogen and oxygen atoms in total. The Morgan fingerprint density at radius 1 is 0.955 bits per heavy atom. The lowest BCUT2D eigenvalue weighted by atomic mass is 10.1. The van der Waals surface area contributed by atoms with E-state index in [1.165, 1.54) is 12.1 Å². The molecule has 0 bridgehead atoms. The van der Waals surface area contributed by atoms with E-state index in [4.69, 9.17) is 20.8 Å². The predicted molar refractivity (Wildman–Crippen MR) is 87.4 cm³/mol. The van der Waals surface area contributed by atoms with Gasteiger partial charge in [0, 0.05) is 23.3 Å². The molecule has 0 N–H and O–H groups in total. The molecule has 3 aromatic rings. The van der Waals surface area contributed by atoms with E-state index in [2.05, 4.69) is 0 Å². The zero-order chi connectivity index (χ0) is 15.5. The van der Waals surface area contributed by atoms with Crippen LogP contribution in [-0.2, 0) is 0 Å². The van der Waals surface area contributed by atoms with Crippen molar-refractivity contribution in [2.45, 2.75) is 0 Å². The lowest BCUT2D eigenvalue weighted by Gasteiger charge is -2.07. The standard InChI is InChI=1S/C18H13ClO3/c1-21-14-8-6-12(7-9-14)17-10-13(20)11-18(22-17)15-4-2-3-5-16(15)19/h2-11H,1H3. The van der Waals surface area contributed by atoms with Gasteiger partial charge in [-0.2, -0.15) is 0 Å². The quantitative estimate of drug-likeness (QED) is 0.707. The van der Waals surface area contributed by atoms with Crippen LogP contribution in [0.15, 0.2) is 69.9 Å². The summed E-state index contributed by atoms with van der Waals surface area (Å²) >= 11 is 6.17. The highest BCUT2D eigenvalue weighted by Gasteiger charge is 2.09. The van der Waals surface area contributed by atoms with Gasteiger partial charge in [0.25, 0.3) is 0 Å². The van der Waals surface area contributed by atoms with Crippen molar-refractivity contribution >= 4 is 11.6 Å². The molecule has 1 aromatic heterocycles. The third-order valence-corrected chi connectivity index (χ3v) is 3.61. The van der Waals surface area contributed by atoms with Crippen molar-refractivity contribution in [2.75, 3.05) is 7.11 Å². The van der Waals surface area contributed by atoms with Crippen LogP contribution >= 0.6 is 11.6 Å². The number of benzene rings is 2. The van der Waals surface area contributed by atoms with E-state index >= 15 is 0 Å². The topological polar surface area (TPSA) is 39.4 Å². The molecule has 0 aliphatic heterocycles. The summed E-state index contributed by atoms with van der Waals surface area (Å²) in [6.45, 7) is 0. The molecule has 110 valence electrons. The Kier molecular flexibility index (Phi) is 3.98. The second-order valence-corrected chi connectivity index (χ2v) is 5.14. The fourth-order valence-electron chi connectivity index (χ4n) is 2.17. The lowest BCUT2D eigenvalue weighted by molar-refractivity contribution is 0.415. The molecule has 0 fully saturated rings. The summed E-state index contributed by atoms with van der Waals surface area (Å²) in [4.78, 5) is 12.0. The number of hydrogen-bond donors (Lipinski definition) is 0. The largest absolute Gasteiger partial charge is 0.497 e. The van der Waals surface area contributed by atoms with Crippen molar-refractivity contribution in [1.82, 2.24) is 0 Å². The minimum absolute atomic E-state index is 0.132. The van der Waals surface area contributed by atoms with Crippen LogP contribution in [0.1, 0.15) is 0 Å². The van der Waals surface area contributed by atoms with Crippen LogP contribution in [0.5, 0.6) is 5.75 Å². The molecule has 22 heavy (non-hydrogen) atoms. The Bertz CT molecular complexity index is 851. The number of methoxy groups -OCH3 is 1. The summed E-state index contributed by atoms with van der Waals surface area (Å²) < 4.78 is 11.0.